The van der Waals surface area contributed by atoms with E-state index in [1.54, 1.807) is 0 Å². The Balaban J connectivity index is 3.42. The smallest absolute Gasteiger partial charge is 0.176 e. The number of anilines is 1. The van der Waals surface area contributed by atoms with Gasteiger partial charge in [0.05, 0.1) is 16.5 Å². The van der Waals surface area contributed by atoms with Crippen molar-refractivity contribution in [1.82, 2.24) is 0 Å². The second-order valence-corrected chi connectivity index (χ2v) is 3.58. The molecule has 14 heavy (non-hydrogen) atoms. The molecule has 5 heteroatoms. The Labute approximate surface area is 94.6 Å². The van der Waals surface area contributed by atoms with E-state index in [4.69, 9.17) is 22.6 Å². The fourth-order valence-corrected chi connectivity index (χ4v) is 1.60. The minimum Gasteiger partial charge on any atom is -0.398 e. The zero-order valence-corrected chi connectivity index (χ0v) is 9.39. The number of nitriles is 1. The van der Waals surface area contributed by atoms with Gasteiger partial charge in [-0.25, -0.2) is 0 Å². The van der Waals surface area contributed by atoms with Crippen molar-refractivity contribution >= 4 is 39.0 Å². The Morgan fingerprint density at radius 2 is 2.29 bits per heavy atom. The molecule has 0 heterocycles. The highest BCUT2D eigenvalue weighted by Gasteiger charge is 2.14. The molecule has 0 aliphatic carbocycles. The Morgan fingerprint density at radius 1 is 1.64 bits per heavy atom. The van der Waals surface area contributed by atoms with Crippen LogP contribution in [0.1, 0.15) is 15.9 Å². The molecule has 0 saturated carbocycles. The van der Waals surface area contributed by atoms with Crippen molar-refractivity contribution in [2.45, 2.75) is 0 Å². The summed E-state index contributed by atoms with van der Waals surface area (Å²) < 4.78 is 0. The van der Waals surface area contributed by atoms with E-state index < -0.39 is 0 Å². The van der Waals surface area contributed by atoms with Crippen LogP contribution in [-0.2, 0) is 0 Å². The summed E-state index contributed by atoms with van der Waals surface area (Å²) >= 11 is 8.71. The maximum absolute atomic E-state index is 11.4. The van der Waals surface area contributed by atoms with Gasteiger partial charge in [-0.3, -0.25) is 4.79 Å². The lowest BCUT2D eigenvalue weighted by molar-refractivity contribution is 0.102. The Morgan fingerprint density at radius 3 is 2.79 bits per heavy atom. The molecule has 1 aromatic rings. The van der Waals surface area contributed by atoms with Crippen LogP contribution in [0.25, 0.3) is 0 Å². The first-order valence-electron chi connectivity index (χ1n) is 3.68. The largest absolute Gasteiger partial charge is 0.398 e. The summed E-state index contributed by atoms with van der Waals surface area (Å²) in [4.78, 5) is 11.4. The first kappa shape index (κ1) is 11.0. The van der Waals surface area contributed by atoms with Gasteiger partial charge in [-0.15, -0.1) is 0 Å². The van der Waals surface area contributed by atoms with Crippen molar-refractivity contribution in [2.24, 2.45) is 0 Å². The molecule has 1 aromatic carbocycles. The lowest BCUT2D eigenvalue weighted by atomic mass is 10.0. The molecule has 0 aromatic heterocycles. The van der Waals surface area contributed by atoms with E-state index in [-0.39, 0.29) is 27.9 Å². The van der Waals surface area contributed by atoms with Crippen LogP contribution in [0.2, 0.25) is 5.02 Å². The van der Waals surface area contributed by atoms with Gasteiger partial charge in [0.15, 0.2) is 5.78 Å². The van der Waals surface area contributed by atoms with Crippen LogP contribution >= 0.6 is 27.5 Å². The number of hydrogen-bond acceptors (Lipinski definition) is 3. The van der Waals surface area contributed by atoms with E-state index in [1.807, 2.05) is 6.07 Å². The number of rotatable bonds is 2. The van der Waals surface area contributed by atoms with Gasteiger partial charge >= 0.3 is 0 Å². The quantitative estimate of drug-likeness (QED) is 0.511. The molecule has 0 fully saturated rings. The number of Topliss-reactive ketones (excluding diaryl/α,β-unsaturated/α-hetero) is 1. The first-order valence-corrected chi connectivity index (χ1v) is 5.18. The number of nitrogens with two attached hydrogens (primary N) is 1. The lowest BCUT2D eigenvalue weighted by Gasteiger charge is -2.05. The minimum atomic E-state index is -0.226. The van der Waals surface area contributed by atoms with Crippen molar-refractivity contribution in [1.29, 1.82) is 5.26 Å². The molecular weight excluding hydrogens is 267 g/mol. The molecule has 0 radical (unpaired) electrons. The number of hydrogen-bond donors (Lipinski definition) is 1. The summed E-state index contributed by atoms with van der Waals surface area (Å²) in [6, 6.07) is 4.77. The highest BCUT2D eigenvalue weighted by atomic mass is 79.9. The van der Waals surface area contributed by atoms with E-state index in [1.165, 1.54) is 12.1 Å². The second kappa shape index (κ2) is 4.45. The van der Waals surface area contributed by atoms with Crippen LogP contribution in [0, 0.1) is 11.3 Å². The first-order chi connectivity index (χ1) is 6.60. The van der Waals surface area contributed by atoms with Crippen molar-refractivity contribution in [3.8, 4) is 6.07 Å². The number of nitrogen functional groups attached to an aromatic ring is 1. The SMILES string of the molecule is N#Cc1cc(Cl)cc(N)c1C(=O)CBr. The molecule has 0 aliphatic heterocycles. The van der Waals surface area contributed by atoms with Gasteiger partial charge in [-0.05, 0) is 12.1 Å². The van der Waals surface area contributed by atoms with Gasteiger partial charge < -0.3 is 5.73 Å². The highest BCUT2D eigenvalue weighted by Crippen LogP contribution is 2.23. The molecule has 0 amide bonds. The molecule has 72 valence electrons. The normalized spacial score (nSPS) is 9.50. The van der Waals surface area contributed by atoms with Gasteiger partial charge in [0.25, 0.3) is 0 Å². The topological polar surface area (TPSA) is 66.9 Å². The number of nitrogens with zero attached hydrogens (tertiary/aromatic N) is 1. The molecule has 1 rings (SSSR count). The molecular formula is C9H6BrClN2O. The van der Waals surface area contributed by atoms with Crippen molar-refractivity contribution in [3.63, 3.8) is 0 Å². The third-order valence-corrected chi connectivity index (χ3v) is 2.38. The number of halogens is 2. The number of ketones is 1. The third kappa shape index (κ3) is 2.06. The molecule has 0 spiro atoms. The number of benzene rings is 1. The average molecular weight is 274 g/mol. The van der Waals surface area contributed by atoms with E-state index in [0.717, 1.165) is 0 Å². The average Bonchev–Trinajstić information content (AvgIpc) is 2.15. The van der Waals surface area contributed by atoms with Gasteiger partial charge in [0.1, 0.15) is 6.07 Å². The summed E-state index contributed by atoms with van der Waals surface area (Å²) in [5.41, 5.74) is 6.27. The molecule has 0 bridgehead atoms. The molecule has 0 aliphatic rings. The number of carbonyl (C=O) groups is 1. The van der Waals surface area contributed by atoms with Gasteiger partial charge in [-0.2, -0.15) is 5.26 Å². The van der Waals surface area contributed by atoms with Gasteiger partial charge in [0.2, 0.25) is 0 Å². The third-order valence-electron chi connectivity index (χ3n) is 1.65. The molecule has 0 unspecified atom stereocenters. The van der Waals surface area contributed by atoms with Crippen molar-refractivity contribution in [3.05, 3.63) is 28.3 Å². The lowest BCUT2D eigenvalue weighted by Crippen LogP contribution is -2.07. The number of alkyl halides is 1. The van der Waals surface area contributed by atoms with Crippen LogP contribution < -0.4 is 5.73 Å². The minimum absolute atomic E-state index is 0.132. The summed E-state index contributed by atoms with van der Waals surface area (Å²) in [6.07, 6.45) is 0. The summed E-state index contributed by atoms with van der Waals surface area (Å²) in [5.74, 6) is -0.226. The van der Waals surface area contributed by atoms with Crippen LogP contribution in [0.4, 0.5) is 5.69 Å². The van der Waals surface area contributed by atoms with Crippen LogP contribution in [0.5, 0.6) is 0 Å². The fraction of sp³-hybridized carbons (Fsp3) is 0.111. The maximum atomic E-state index is 11.4. The van der Waals surface area contributed by atoms with Crippen LogP contribution in [0.15, 0.2) is 12.1 Å². The summed E-state index contributed by atoms with van der Waals surface area (Å²) in [6.45, 7) is 0. The highest BCUT2D eigenvalue weighted by molar-refractivity contribution is 9.09. The van der Waals surface area contributed by atoms with Crippen LogP contribution in [0.3, 0.4) is 0 Å². The maximum Gasteiger partial charge on any atom is 0.176 e. The Bertz CT molecular complexity index is 426. The second-order valence-electron chi connectivity index (χ2n) is 2.59. The molecule has 0 saturated heterocycles. The Hall–Kier alpha value is -1.05. The molecule has 0 atom stereocenters. The zero-order valence-electron chi connectivity index (χ0n) is 7.05. The predicted molar refractivity (Wildman–Crippen MR) is 58.7 cm³/mol. The van der Waals surface area contributed by atoms with E-state index in [9.17, 15) is 4.79 Å². The van der Waals surface area contributed by atoms with E-state index in [0.29, 0.717) is 5.02 Å². The van der Waals surface area contributed by atoms with Gasteiger partial charge in [0, 0.05) is 10.7 Å². The Kier molecular flexibility index (Phi) is 3.50. The fourth-order valence-electron chi connectivity index (χ4n) is 1.09. The molecule has 3 nitrogen and oxygen atoms in total. The summed E-state index contributed by atoms with van der Waals surface area (Å²) in [5, 5.41) is 9.26. The standard InChI is InChI=1S/C9H6BrClN2O/c10-3-8(14)9-5(4-12)1-6(11)2-7(9)13/h1-2H,3,13H2. The van der Waals surface area contributed by atoms with Crippen molar-refractivity contribution in [2.75, 3.05) is 11.1 Å². The van der Waals surface area contributed by atoms with Gasteiger partial charge in [-0.1, -0.05) is 27.5 Å². The van der Waals surface area contributed by atoms with Crippen molar-refractivity contribution < 1.29 is 4.79 Å². The van der Waals surface area contributed by atoms with E-state index >= 15 is 0 Å². The number of carbonyl (C=O) groups excluding carboxylic acids is 1. The zero-order chi connectivity index (χ0) is 10.7. The monoisotopic (exact) mass is 272 g/mol. The molecule has 2 N–H and O–H groups in total. The van der Waals surface area contributed by atoms with Crippen LogP contribution in [-0.4, -0.2) is 11.1 Å². The predicted octanol–water partition coefficient (Wildman–Crippen LogP) is 2.37. The van der Waals surface area contributed by atoms with E-state index in [2.05, 4.69) is 15.9 Å². The summed E-state index contributed by atoms with van der Waals surface area (Å²) in [7, 11) is 0.